The number of ketones is 2. The lowest BCUT2D eigenvalue weighted by molar-refractivity contribution is -0.156. The fraction of sp³-hybridized carbons (Fsp3) is 0.373. The van der Waals surface area contributed by atoms with Gasteiger partial charge in [-0.3, -0.25) is 29.1 Å². The summed E-state index contributed by atoms with van der Waals surface area (Å²) >= 11 is 17.8. The van der Waals surface area contributed by atoms with Gasteiger partial charge in [-0.1, -0.05) is 73.8 Å². The lowest BCUT2D eigenvalue weighted by Gasteiger charge is -2.22. The number of nitrogens with two attached hydrogens (primary N) is 1. The van der Waals surface area contributed by atoms with Crippen molar-refractivity contribution in [2.75, 3.05) is 0 Å². The number of hydrogen-bond acceptors (Lipinski definition) is 9. The molecule has 2 heterocycles. The molecule has 354 valence electrons. The Morgan fingerprint density at radius 3 is 1.39 bits per heavy atom. The fourth-order valence-corrected chi connectivity index (χ4v) is 7.23. The van der Waals surface area contributed by atoms with Gasteiger partial charge in [0.05, 0.1) is 34.0 Å². The van der Waals surface area contributed by atoms with Gasteiger partial charge in [0.2, 0.25) is 0 Å². The molecule has 3 atom stereocenters. The molecule has 0 aliphatic heterocycles. The number of aromatic nitrogens is 2. The van der Waals surface area contributed by atoms with Crippen molar-refractivity contribution in [1.82, 2.24) is 9.97 Å². The number of pyridine rings is 2. The molecule has 5 rings (SSSR count). The van der Waals surface area contributed by atoms with Gasteiger partial charge in [0.15, 0.2) is 11.6 Å². The van der Waals surface area contributed by atoms with E-state index in [0.717, 1.165) is 0 Å². The van der Waals surface area contributed by atoms with E-state index in [2.05, 4.69) is 9.97 Å². The van der Waals surface area contributed by atoms with E-state index in [1.807, 2.05) is 41.5 Å². The molecule has 3 aromatic carbocycles. The first-order valence-electron chi connectivity index (χ1n) is 21.4. The molecule has 0 radical (unpaired) electrons. The summed E-state index contributed by atoms with van der Waals surface area (Å²) in [4.78, 5) is 56.8. The highest BCUT2D eigenvalue weighted by Crippen LogP contribution is 2.34. The third-order valence-electron chi connectivity index (χ3n) is 9.88. The number of rotatable bonds is 14. The highest BCUT2D eigenvalue weighted by atomic mass is 35.5. The predicted molar refractivity (Wildman–Crippen MR) is 254 cm³/mol. The summed E-state index contributed by atoms with van der Waals surface area (Å²) in [6, 6.07) is 16.4. The topological polar surface area (TPSA) is 139 Å². The number of ether oxygens (including phenoxy) is 2. The molecule has 0 aliphatic carbocycles. The van der Waals surface area contributed by atoms with Crippen molar-refractivity contribution < 1.29 is 41.8 Å². The first-order valence-corrected chi connectivity index (χ1v) is 22.6. The van der Waals surface area contributed by atoms with Gasteiger partial charge in [-0.15, -0.1) is 0 Å². The van der Waals surface area contributed by atoms with Crippen molar-refractivity contribution in [3.8, 4) is 0 Å². The predicted octanol–water partition coefficient (Wildman–Crippen LogP) is 13.5. The maximum absolute atomic E-state index is 15.2. The van der Waals surface area contributed by atoms with Crippen LogP contribution in [0.1, 0.15) is 161 Å². The number of benzene rings is 3. The average Bonchev–Trinajstić information content (AvgIpc) is 3.24. The van der Waals surface area contributed by atoms with Crippen LogP contribution < -0.4 is 5.73 Å². The smallest absolute Gasteiger partial charge is 0.306 e. The molecule has 0 fully saturated rings. The van der Waals surface area contributed by atoms with Crippen LogP contribution in [-0.4, -0.2) is 44.7 Å². The molecule has 2 N–H and O–H groups in total. The van der Waals surface area contributed by atoms with Crippen LogP contribution in [0.3, 0.4) is 0 Å². The number of nitrogens with zero attached hydrogens (tertiary/aromatic N) is 2. The van der Waals surface area contributed by atoms with E-state index in [0.29, 0.717) is 35.4 Å². The Balaban J connectivity index is 0.000000268. The van der Waals surface area contributed by atoms with Gasteiger partial charge in [0.25, 0.3) is 0 Å². The van der Waals surface area contributed by atoms with Crippen molar-refractivity contribution in [2.45, 2.75) is 123 Å². The number of carbonyl (C=O) groups is 4. The van der Waals surface area contributed by atoms with Crippen molar-refractivity contribution in [3.05, 3.63) is 163 Å². The first kappa shape index (κ1) is 55.2. The maximum atomic E-state index is 15.2. The lowest BCUT2D eigenvalue weighted by Crippen LogP contribution is -2.25. The number of esters is 2. The Morgan fingerprint density at radius 1 is 0.606 bits per heavy atom. The van der Waals surface area contributed by atoms with Crippen molar-refractivity contribution in [2.24, 2.45) is 5.73 Å². The van der Waals surface area contributed by atoms with Crippen LogP contribution in [0.25, 0.3) is 0 Å². The minimum Gasteiger partial charge on any atom is -0.460 e. The molecular formula is C51H57Cl3F3N3O6. The van der Waals surface area contributed by atoms with E-state index in [1.54, 1.807) is 57.2 Å². The highest BCUT2D eigenvalue weighted by Gasteiger charge is 2.28. The minimum absolute atomic E-state index is 0.0207. The Bertz CT molecular complexity index is 2450. The zero-order valence-corrected chi connectivity index (χ0v) is 40.9. The third-order valence-corrected chi connectivity index (χ3v) is 10.7. The standard InChI is InChI=1S/C21H23ClFNO3.C15H14ClFN2O.C15H20ClFO2/c1-5-13(11-17(25)27-21(2,3)4)15-8-9-16(22)18(19(15)23)20(26)14-7-6-10-24-12-14;1-2-12(18)10-5-6-11(16)13(14(10)17)15(20)9-4-3-7-19-8-9;1-5-10(8-14(18)19-15(2,3)4)12-7-6-11(16)9-13(12)17/h6-10,12-13H,5,11H2,1-4H3;3-8,12H,2,18H2,1H3;6-7,9-10H,5,8H2,1-4H3/t13-;12-;10-/m010/s1. The van der Waals surface area contributed by atoms with Crippen molar-refractivity contribution in [3.63, 3.8) is 0 Å². The third kappa shape index (κ3) is 16.3. The van der Waals surface area contributed by atoms with E-state index >= 15 is 4.39 Å². The summed E-state index contributed by atoms with van der Waals surface area (Å²) in [6.07, 6.45) is 7.75. The van der Waals surface area contributed by atoms with Gasteiger partial charge in [0.1, 0.15) is 28.7 Å². The van der Waals surface area contributed by atoms with Crippen LogP contribution in [0, 0.1) is 17.5 Å². The van der Waals surface area contributed by atoms with E-state index in [9.17, 15) is 28.0 Å². The summed E-state index contributed by atoms with van der Waals surface area (Å²) in [5.41, 5.74) is 5.97. The zero-order chi connectivity index (χ0) is 49.5. The average molecular weight is 971 g/mol. The Labute approximate surface area is 400 Å². The first-order chi connectivity index (χ1) is 30.9. The molecule has 2 aromatic heterocycles. The molecule has 0 amide bonds. The van der Waals surface area contributed by atoms with E-state index < -0.39 is 52.3 Å². The SMILES string of the molecule is CC[C@@H](CC(=O)OC(C)(C)C)c1ccc(Cl)c(C(=O)c2cccnc2)c1F.CC[C@@H](CC(=O)OC(C)(C)C)c1ccc(Cl)cc1F.CC[C@@H](N)c1ccc(Cl)c(C(=O)c2cccnc2)c1F. The van der Waals surface area contributed by atoms with E-state index in [1.165, 1.54) is 55.1 Å². The minimum atomic E-state index is -0.702. The van der Waals surface area contributed by atoms with Crippen LogP contribution in [0.15, 0.2) is 91.5 Å². The monoisotopic (exact) mass is 969 g/mol. The van der Waals surface area contributed by atoms with Crippen LogP contribution in [0.5, 0.6) is 0 Å². The molecule has 0 spiro atoms. The highest BCUT2D eigenvalue weighted by molar-refractivity contribution is 6.35. The molecular weight excluding hydrogens is 914 g/mol. The molecule has 66 heavy (non-hydrogen) atoms. The molecule has 9 nitrogen and oxygen atoms in total. The quantitative estimate of drug-likeness (QED) is 0.0851. The number of halogens is 6. The lowest BCUT2D eigenvalue weighted by atomic mass is 9.90. The van der Waals surface area contributed by atoms with Gasteiger partial charge in [-0.25, -0.2) is 13.2 Å². The molecule has 5 aromatic rings. The van der Waals surface area contributed by atoms with Crippen LogP contribution >= 0.6 is 34.8 Å². The summed E-state index contributed by atoms with van der Waals surface area (Å²) in [5.74, 6) is -4.09. The fourth-order valence-electron chi connectivity index (χ4n) is 6.61. The van der Waals surface area contributed by atoms with Crippen LogP contribution in [0.4, 0.5) is 13.2 Å². The van der Waals surface area contributed by atoms with Gasteiger partial charge in [-0.2, -0.15) is 0 Å². The van der Waals surface area contributed by atoms with Crippen LogP contribution in [0.2, 0.25) is 15.1 Å². The normalized spacial score (nSPS) is 12.6. The van der Waals surface area contributed by atoms with Gasteiger partial charge < -0.3 is 15.2 Å². The van der Waals surface area contributed by atoms with Gasteiger partial charge >= 0.3 is 11.9 Å². The second-order valence-electron chi connectivity index (χ2n) is 17.3. The molecule has 15 heteroatoms. The second kappa shape index (κ2) is 25.1. The molecule has 0 saturated heterocycles. The van der Waals surface area contributed by atoms with Gasteiger partial charge in [0, 0.05) is 52.5 Å². The summed E-state index contributed by atoms with van der Waals surface area (Å²) < 4.78 is 54.2. The number of hydrogen-bond donors (Lipinski definition) is 1. The van der Waals surface area contributed by atoms with E-state index in [-0.39, 0.29) is 68.4 Å². The summed E-state index contributed by atoms with van der Waals surface area (Å²) in [6.45, 7) is 16.4. The Hall–Kier alpha value is -5.14. The van der Waals surface area contributed by atoms with E-state index in [4.69, 9.17) is 50.0 Å². The van der Waals surface area contributed by atoms with Crippen molar-refractivity contribution in [1.29, 1.82) is 0 Å². The van der Waals surface area contributed by atoms with Gasteiger partial charge in [-0.05, 0) is 132 Å². The number of carbonyl (C=O) groups excluding carboxylic acids is 4. The van der Waals surface area contributed by atoms with Crippen molar-refractivity contribution >= 4 is 58.3 Å². The van der Waals surface area contributed by atoms with Crippen LogP contribution in [-0.2, 0) is 19.1 Å². The maximum Gasteiger partial charge on any atom is 0.306 e. The Morgan fingerprint density at radius 2 is 1.02 bits per heavy atom. The second-order valence-corrected chi connectivity index (χ2v) is 18.5. The summed E-state index contributed by atoms with van der Waals surface area (Å²) in [7, 11) is 0. The molecule has 0 unspecified atom stereocenters. The molecule has 0 saturated carbocycles. The Kier molecular flexibility index (Phi) is 21.0. The largest absolute Gasteiger partial charge is 0.460 e. The molecule has 0 aliphatic rings. The summed E-state index contributed by atoms with van der Waals surface area (Å²) in [5, 5.41) is 0.453. The zero-order valence-electron chi connectivity index (χ0n) is 38.6. The molecule has 0 bridgehead atoms.